The molecule has 0 radical (unpaired) electrons. The Kier molecular flexibility index (Phi) is 7.26. The number of sulfonamides is 1. The van der Waals surface area contributed by atoms with Gasteiger partial charge in [0.2, 0.25) is 16.0 Å². The van der Waals surface area contributed by atoms with E-state index in [4.69, 9.17) is 4.98 Å². The second kappa shape index (κ2) is 10.4. The third-order valence-corrected chi connectivity index (χ3v) is 8.56. The molecule has 2 aliphatic carbocycles. The number of hydrogen-bond donors (Lipinski definition) is 3. The Hall–Kier alpha value is -2.92. The molecule has 0 spiro atoms. The maximum Gasteiger partial charge on any atom is 0.417 e. The van der Waals surface area contributed by atoms with Gasteiger partial charge in [-0.1, -0.05) is 24.3 Å². The SMILES string of the molecule is O=S(=O)(NC[C@H]1CC[C@H](CNc2nc(NC3CC3)c3ccccc3n2)CC1)c1ccccc1C(F)(F)F. The molecule has 37 heavy (non-hydrogen) atoms. The standard InChI is InChI=1S/C26H30F3N5O2S/c27-26(28,29)21-6-2-4-8-23(21)37(35,36)31-16-18-11-9-17(10-12-18)15-30-25-33-22-7-3-1-5-20(22)24(34-25)32-19-13-14-19/h1-8,17-19,31H,9-16H2,(H2,30,32,33,34)/t17-,18-. The van der Waals surface area contributed by atoms with E-state index >= 15 is 0 Å². The molecule has 2 aromatic carbocycles. The molecule has 2 fully saturated rings. The molecule has 0 unspecified atom stereocenters. The summed E-state index contributed by atoms with van der Waals surface area (Å²) in [7, 11) is -4.26. The molecular formula is C26H30F3N5O2S. The second-order valence-electron chi connectivity index (χ2n) is 9.95. The van der Waals surface area contributed by atoms with Gasteiger partial charge >= 0.3 is 6.18 Å². The zero-order chi connectivity index (χ0) is 26.0. The molecule has 198 valence electrons. The summed E-state index contributed by atoms with van der Waals surface area (Å²) in [6.07, 6.45) is 0.925. The van der Waals surface area contributed by atoms with Crippen LogP contribution in [0.5, 0.6) is 0 Å². The Bertz CT molecular complexity index is 1350. The minimum absolute atomic E-state index is 0.0790. The van der Waals surface area contributed by atoms with E-state index in [0.29, 0.717) is 24.5 Å². The number of hydrogen-bond acceptors (Lipinski definition) is 6. The largest absolute Gasteiger partial charge is 0.417 e. The van der Waals surface area contributed by atoms with Crippen LogP contribution in [0.4, 0.5) is 24.9 Å². The normalized spacial score (nSPS) is 20.6. The van der Waals surface area contributed by atoms with Crippen LogP contribution in [0.25, 0.3) is 10.9 Å². The molecular weight excluding hydrogens is 503 g/mol. The second-order valence-corrected chi connectivity index (χ2v) is 11.7. The van der Waals surface area contributed by atoms with Crippen molar-refractivity contribution in [2.45, 2.75) is 55.6 Å². The Morgan fingerprint density at radius 1 is 0.838 bits per heavy atom. The van der Waals surface area contributed by atoms with Gasteiger partial charge in [0.1, 0.15) is 5.82 Å². The highest BCUT2D eigenvalue weighted by molar-refractivity contribution is 7.89. The average molecular weight is 534 g/mol. The first-order chi connectivity index (χ1) is 17.7. The van der Waals surface area contributed by atoms with Crippen LogP contribution in [-0.2, 0) is 16.2 Å². The third-order valence-electron chi connectivity index (χ3n) is 7.08. The van der Waals surface area contributed by atoms with Crippen LogP contribution in [0.2, 0.25) is 0 Å². The number of rotatable bonds is 9. The minimum atomic E-state index is -4.74. The van der Waals surface area contributed by atoms with Crippen LogP contribution in [-0.4, -0.2) is 37.5 Å². The highest BCUT2D eigenvalue weighted by Crippen LogP contribution is 2.35. The van der Waals surface area contributed by atoms with Gasteiger partial charge in [-0.25, -0.2) is 18.1 Å². The topological polar surface area (TPSA) is 96.0 Å². The number of halogens is 3. The lowest BCUT2D eigenvalue weighted by Crippen LogP contribution is -2.33. The number of nitrogens with zero attached hydrogens (tertiary/aromatic N) is 2. The van der Waals surface area contributed by atoms with Crippen molar-refractivity contribution in [3.8, 4) is 0 Å². The fourth-order valence-electron chi connectivity index (χ4n) is 4.80. The number of benzene rings is 2. The summed E-state index contributed by atoms with van der Waals surface area (Å²) in [5, 5.41) is 7.86. The zero-order valence-corrected chi connectivity index (χ0v) is 21.1. The van der Waals surface area contributed by atoms with Crippen LogP contribution in [0, 0.1) is 11.8 Å². The Balaban J connectivity index is 1.14. The van der Waals surface area contributed by atoms with E-state index < -0.39 is 26.7 Å². The first kappa shape index (κ1) is 25.7. The van der Waals surface area contributed by atoms with E-state index in [2.05, 4.69) is 20.3 Å². The van der Waals surface area contributed by atoms with Crippen LogP contribution in [0.1, 0.15) is 44.1 Å². The molecule has 0 amide bonds. The number of para-hydroxylation sites is 1. The van der Waals surface area contributed by atoms with Gasteiger partial charge in [-0.15, -0.1) is 0 Å². The van der Waals surface area contributed by atoms with Crippen molar-refractivity contribution in [3.05, 3.63) is 54.1 Å². The fourth-order valence-corrected chi connectivity index (χ4v) is 6.14. The quantitative estimate of drug-likeness (QED) is 0.340. The van der Waals surface area contributed by atoms with E-state index in [1.165, 1.54) is 12.1 Å². The van der Waals surface area contributed by atoms with E-state index in [-0.39, 0.29) is 12.5 Å². The highest BCUT2D eigenvalue weighted by Gasteiger charge is 2.37. The summed E-state index contributed by atoms with van der Waals surface area (Å²) >= 11 is 0. The van der Waals surface area contributed by atoms with Gasteiger partial charge in [0.05, 0.1) is 16.0 Å². The van der Waals surface area contributed by atoms with E-state index in [1.54, 1.807) is 0 Å². The number of fused-ring (bicyclic) bond motifs is 1. The third kappa shape index (κ3) is 6.32. The summed E-state index contributed by atoms with van der Waals surface area (Å²) in [6, 6.07) is 12.7. The number of anilines is 2. The summed E-state index contributed by atoms with van der Waals surface area (Å²) in [4.78, 5) is 8.62. The number of alkyl halides is 3. The van der Waals surface area contributed by atoms with E-state index in [9.17, 15) is 21.6 Å². The maximum atomic E-state index is 13.3. The molecule has 2 aliphatic rings. The number of nitrogens with one attached hydrogen (secondary N) is 3. The van der Waals surface area contributed by atoms with Crippen LogP contribution in [0.15, 0.2) is 53.4 Å². The molecule has 0 saturated heterocycles. The first-order valence-electron chi connectivity index (χ1n) is 12.6. The summed E-state index contributed by atoms with van der Waals surface area (Å²) in [5.41, 5.74) is -0.269. The zero-order valence-electron chi connectivity index (χ0n) is 20.3. The first-order valence-corrected chi connectivity index (χ1v) is 14.1. The molecule has 0 atom stereocenters. The van der Waals surface area contributed by atoms with Crippen molar-refractivity contribution in [1.82, 2.24) is 14.7 Å². The van der Waals surface area contributed by atoms with Crippen molar-refractivity contribution in [2.24, 2.45) is 11.8 Å². The summed E-state index contributed by atoms with van der Waals surface area (Å²) in [5.74, 6) is 1.89. The van der Waals surface area contributed by atoms with Crippen molar-refractivity contribution in [3.63, 3.8) is 0 Å². The lowest BCUT2D eigenvalue weighted by atomic mass is 9.82. The smallest absolute Gasteiger partial charge is 0.367 e. The van der Waals surface area contributed by atoms with Gasteiger partial charge in [-0.2, -0.15) is 18.2 Å². The van der Waals surface area contributed by atoms with Crippen LogP contribution < -0.4 is 15.4 Å². The molecule has 1 heterocycles. The Morgan fingerprint density at radius 2 is 1.49 bits per heavy atom. The van der Waals surface area contributed by atoms with Crippen LogP contribution in [0.3, 0.4) is 0 Å². The Labute approximate surface area is 214 Å². The van der Waals surface area contributed by atoms with E-state index in [1.807, 2.05) is 24.3 Å². The van der Waals surface area contributed by atoms with Crippen molar-refractivity contribution in [2.75, 3.05) is 23.7 Å². The molecule has 1 aromatic heterocycles. The van der Waals surface area contributed by atoms with Gasteiger partial charge in [0, 0.05) is 24.5 Å². The van der Waals surface area contributed by atoms with Gasteiger partial charge in [-0.3, -0.25) is 0 Å². The molecule has 2 saturated carbocycles. The molecule has 5 rings (SSSR count). The minimum Gasteiger partial charge on any atom is -0.367 e. The molecule has 11 heteroatoms. The predicted octanol–water partition coefficient (Wildman–Crippen LogP) is 5.42. The number of aromatic nitrogens is 2. The molecule has 0 bridgehead atoms. The summed E-state index contributed by atoms with van der Waals surface area (Å²) < 4.78 is 67.4. The fraction of sp³-hybridized carbons (Fsp3) is 0.462. The molecule has 0 aliphatic heterocycles. The lowest BCUT2D eigenvalue weighted by molar-refractivity contribution is -0.139. The van der Waals surface area contributed by atoms with Gasteiger partial charge in [0.25, 0.3) is 0 Å². The van der Waals surface area contributed by atoms with Gasteiger partial charge in [-0.05, 0) is 74.6 Å². The molecule has 7 nitrogen and oxygen atoms in total. The monoisotopic (exact) mass is 533 g/mol. The molecule has 3 N–H and O–H groups in total. The Morgan fingerprint density at radius 3 is 2.19 bits per heavy atom. The maximum absolute atomic E-state index is 13.3. The lowest BCUT2D eigenvalue weighted by Gasteiger charge is -2.29. The highest BCUT2D eigenvalue weighted by atomic mass is 32.2. The van der Waals surface area contributed by atoms with Crippen molar-refractivity contribution < 1.29 is 21.6 Å². The van der Waals surface area contributed by atoms with Crippen molar-refractivity contribution in [1.29, 1.82) is 0 Å². The van der Waals surface area contributed by atoms with Gasteiger partial charge in [0.15, 0.2) is 0 Å². The van der Waals surface area contributed by atoms with Crippen LogP contribution >= 0.6 is 0 Å². The average Bonchev–Trinajstić information content (AvgIpc) is 3.70. The predicted molar refractivity (Wildman–Crippen MR) is 137 cm³/mol. The summed E-state index contributed by atoms with van der Waals surface area (Å²) in [6.45, 7) is 0.831. The van der Waals surface area contributed by atoms with E-state index in [0.717, 1.165) is 67.4 Å². The van der Waals surface area contributed by atoms with Gasteiger partial charge < -0.3 is 10.6 Å². The van der Waals surface area contributed by atoms with Crippen molar-refractivity contribution >= 4 is 32.7 Å². The molecule has 3 aromatic rings.